The average Bonchev–Trinajstić information content (AvgIpc) is 2.53. The summed E-state index contributed by atoms with van der Waals surface area (Å²) in [5, 5.41) is 3.13. The van der Waals surface area contributed by atoms with Gasteiger partial charge < -0.3 is 16.0 Å². The van der Waals surface area contributed by atoms with Crippen LogP contribution >= 0.6 is 24.0 Å². The fourth-order valence-corrected chi connectivity index (χ4v) is 2.78. The van der Waals surface area contributed by atoms with Gasteiger partial charge >= 0.3 is 0 Å². The molecule has 0 radical (unpaired) electrons. The monoisotopic (exact) mass is 359 g/mol. The number of carbonyl (C=O) groups excluding carboxylic acids is 2. The third kappa shape index (κ3) is 5.68. The van der Waals surface area contributed by atoms with Crippen LogP contribution in [-0.2, 0) is 4.79 Å². The maximum absolute atomic E-state index is 12.4. The molecule has 1 heterocycles. The Morgan fingerprint density at radius 1 is 1.22 bits per heavy atom. The summed E-state index contributed by atoms with van der Waals surface area (Å²) in [6.07, 6.45) is 4.27. The van der Waals surface area contributed by atoms with E-state index in [1.165, 1.54) is 6.42 Å². The minimum atomic E-state index is -0.100. The van der Waals surface area contributed by atoms with Crippen molar-refractivity contribution in [3.63, 3.8) is 0 Å². The number of hydrogen-bond acceptors (Lipinski definition) is 3. The van der Waals surface area contributed by atoms with Gasteiger partial charge in [-0.2, -0.15) is 0 Å². The van der Waals surface area contributed by atoms with Crippen molar-refractivity contribution in [2.24, 2.45) is 5.73 Å². The van der Waals surface area contributed by atoms with E-state index >= 15 is 0 Å². The minimum absolute atomic E-state index is 0. The third-order valence-corrected chi connectivity index (χ3v) is 4.05. The number of likely N-dealkylation sites (tertiary alicyclic amines) is 1. The Morgan fingerprint density at radius 3 is 2.52 bits per heavy atom. The van der Waals surface area contributed by atoms with Crippen molar-refractivity contribution in [1.29, 1.82) is 0 Å². The van der Waals surface area contributed by atoms with Crippen LogP contribution in [0.3, 0.4) is 0 Å². The fraction of sp³-hybridized carbons (Fsp3) is 0.500. The lowest BCUT2D eigenvalue weighted by atomic mass is 10.1. The molecule has 0 bridgehead atoms. The number of piperidine rings is 1. The molecule has 2 rings (SSSR count). The summed E-state index contributed by atoms with van der Waals surface area (Å²) in [6.45, 7) is 2.05. The number of carbonyl (C=O) groups is 2. The van der Waals surface area contributed by atoms with Gasteiger partial charge in [0, 0.05) is 25.2 Å². The molecule has 2 amide bonds. The predicted molar refractivity (Wildman–Crippen MR) is 95.4 cm³/mol. The predicted octanol–water partition coefficient (Wildman–Crippen LogP) is 3.07. The van der Waals surface area contributed by atoms with Crippen LogP contribution < -0.4 is 11.1 Å². The highest BCUT2D eigenvalue weighted by molar-refractivity contribution is 6.34. The van der Waals surface area contributed by atoms with Crippen LogP contribution in [-0.4, -0.2) is 36.3 Å². The van der Waals surface area contributed by atoms with Crippen LogP contribution in [0, 0.1) is 0 Å². The van der Waals surface area contributed by atoms with Crippen molar-refractivity contribution in [3.05, 3.63) is 28.8 Å². The zero-order chi connectivity index (χ0) is 15.9. The van der Waals surface area contributed by atoms with Gasteiger partial charge in [0.15, 0.2) is 0 Å². The number of nitrogens with two attached hydrogens (primary N) is 1. The van der Waals surface area contributed by atoms with Crippen molar-refractivity contribution in [1.82, 2.24) is 4.90 Å². The van der Waals surface area contributed by atoms with Gasteiger partial charge in [-0.25, -0.2) is 0 Å². The molecule has 0 saturated carbocycles. The maximum atomic E-state index is 12.4. The van der Waals surface area contributed by atoms with E-state index in [9.17, 15) is 9.59 Å². The molecule has 23 heavy (non-hydrogen) atoms. The van der Waals surface area contributed by atoms with Crippen molar-refractivity contribution in [2.75, 3.05) is 25.0 Å². The van der Waals surface area contributed by atoms with Crippen LogP contribution in [0.2, 0.25) is 5.02 Å². The second-order valence-electron chi connectivity index (χ2n) is 5.49. The maximum Gasteiger partial charge on any atom is 0.255 e. The molecule has 0 aliphatic carbocycles. The van der Waals surface area contributed by atoms with Crippen molar-refractivity contribution >= 4 is 41.5 Å². The van der Waals surface area contributed by atoms with Gasteiger partial charge in [0.2, 0.25) is 5.91 Å². The molecule has 1 aromatic rings. The average molecular weight is 360 g/mol. The van der Waals surface area contributed by atoms with Crippen LogP contribution in [0.15, 0.2) is 18.2 Å². The van der Waals surface area contributed by atoms with Gasteiger partial charge in [-0.3, -0.25) is 9.59 Å². The molecular weight excluding hydrogens is 337 g/mol. The lowest BCUT2D eigenvalue weighted by Crippen LogP contribution is -2.35. The number of hydrogen-bond donors (Lipinski definition) is 2. The van der Waals surface area contributed by atoms with Crippen LogP contribution in [0.25, 0.3) is 0 Å². The van der Waals surface area contributed by atoms with Crippen molar-refractivity contribution < 1.29 is 9.59 Å². The quantitative estimate of drug-likeness (QED) is 0.847. The third-order valence-electron chi connectivity index (χ3n) is 3.73. The zero-order valence-corrected chi connectivity index (χ0v) is 14.6. The smallest absolute Gasteiger partial charge is 0.255 e. The first-order valence-electron chi connectivity index (χ1n) is 7.70. The van der Waals surface area contributed by atoms with Crippen LogP contribution in [0.4, 0.5) is 5.69 Å². The minimum Gasteiger partial charge on any atom is -0.339 e. The van der Waals surface area contributed by atoms with E-state index in [1.807, 2.05) is 4.90 Å². The van der Waals surface area contributed by atoms with Gasteiger partial charge in [-0.15, -0.1) is 12.4 Å². The largest absolute Gasteiger partial charge is 0.339 e. The number of amides is 2. The number of nitrogens with one attached hydrogen (secondary N) is 1. The summed E-state index contributed by atoms with van der Waals surface area (Å²) < 4.78 is 0. The van der Waals surface area contributed by atoms with E-state index in [0.717, 1.165) is 25.9 Å². The molecule has 128 valence electrons. The van der Waals surface area contributed by atoms with E-state index < -0.39 is 0 Å². The molecular formula is C16H23Cl2N3O2. The molecule has 0 atom stereocenters. The zero-order valence-electron chi connectivity index (χ0n) is 13.0. The highest BCUT2D eigenvalue weighted by atomic mass is 35.5. The number of rotatable bonds is 5. The van der Waals surface area contributed by atoms with E-state index in [-0.39, 0.29) is 24.2 Å². The van der Waals surface area contributed by atoms with E-state index in [1.54, 1.807) is 18.2 Å². The molecule has 7 heteroatoms. The molecule has 1 aliphatic rings. The first kappa shape index (κ1) is 19.7. The van der Waals surface area contributed by atoms with Gasteiger partial charge in [0.25, 0.3) is 5.91 Å². The van der Waals surface area contributed by atoms with Crippen molar-refractivity contribution in [3.8, 4) is 0 Å². The molecule has 5 nitrogen and oxygen atoms in total. The Bertz CT molecular complexity index is 546. The molecule has 0 aromatic heterocycles. The standard InChI is InChI=1S/C16H22ClN3O2.ClH/c17-14-11-12(19-15(21)5-4-8-18)6-7-13(14)16(22)20-9-2-1-3-10-20;/h6-7,11H,1-5,8-10,18H2,(H,19,21);1H. The fourth-order valence-electron chi connectivity index (χ4n) is 2.52. The summed E-state index contributed by atoms with van der Waals surface area (Å²) in [6, 6.07) is 5.01. The van der Waals surface area contributed by atoms with Crippen molar-refractivity contribution in [2.45, 2.75) is 32.1 Å². The van der Waals surface area contributed by atoms with E-state index in [0.29, 0.717) is 35.7 Å². The summed E-state index contributed by atoms with van der Waals surface area (Å²) in [4.78, 5) is 25.9. The highest BCUT2D eigenvalue weighted by Gasteiger charge is 2.20. The Labute approximate surface area is 148 Å². The molecule has 3 N–H and O–H groups in total. The normalized spacial score (nSPS) is 14.1. The first-order valence-corrected chi connectivity index (χ1v) is 8.08. The molecule has 1 saturated heterocycles. The Morgan fingerprint density at radius 2 is 1.91 bits per heavy atom. The molecule has 1 aromatic carbocycles. The second-order valence-corrected chi connectivity index (χ2v) is 5.90. The summed E-state index contributed by atoms with van der Waals surface area (Å²) in [5.41, 5.74) is 6.46. The van der Waals surface area contributed by atoms with Gasteiger partial charge in [0.05, 0.1) is 10.6 Å². The number of benzene rings is 1. The first-order chi connectivity index (χ1) is 10.6. The molecule has 1 aliphatic heterocycles. The van der Waals surface area contributed by atoms with Gasteiger partial charge in [0.1, 0.15) is 0 Å². The number of anilines is 1. The van der Waals surface area contributed by atoms with Crippen LogP contribution in [0.1, 0.15) is 42.5 Å². The lowest BCUT2D eigenvalue weighted by molar-refractivity contribution is -0.116. The second kappa shape index (κ2) is 9.75. The number of nitrogens with zero attached hydrogens (tertiary/aromatic N) is 1. The van der Waals surface area contributed by atoms with E-state index in [4.69, 9.17) is 17.3 Å². The summed E-state index contributed by atoms with van der Waals surface area (Å²) in [7, 11) is 0. The SMILES string of the molecule is Cl.NCCCC(=O)Nc1ccc(C(=O)N2CCCCC2)c(Cl)c1. The molecule has 1 fully saturated rings. The highest BCUT2D eigenvalue weighted by Crippen LogP contribution is 2.24. The van der Waals surface area contributed by atoms with Gasteiger partial charge in [-0.1, -0.05) is 11.6 Å². The Kier molecular flexibility index (Phi) is 8.37. The molecule has 0 spiro atoms. The lowest BCUT2D eigenvalue weighted by Gasteiger charge is -2.27. The molecule has 0 unspecified atom stereocenters. The Hall–Kier alpha value is -1.30. The van der Waals surface area contributed by atoms with E-state index in [2.05, 4.69) is 5.32 Å². The topological polar surface area (TPSA) is 75.4 Å². The Balaban J connectivity index is 0.00000264. The van der Waals surface area contributed by atoms with Crippen LogP contribution in [0.5, 0.6) is 0 Å². The van der Waals surface area contributed by atoms with Gasteiger partial charge in [-0.05, 0) is 50.4 Å². The summed E-state index contributed by atoms with van der Waals surface area (Å²) in [5.74, 6) is -0.137. The number of halogens is 2. The summed E-state index contributed by atoms with van der Waals surface area (Å²) >= 11 is 6.21.